The van der Waals surface area contributed by atoms with Crippen LogP contribution in [0.15, 0.2) is 76.5 Å². The Morgan fingerprint density at radius 1 is 1.03 bits per heavy atom. The SMILES string of the molecule is Cc1oc(-c2ccc(NS(=O)(=O)Cc3ccccc3)cc2)nc1CNC(=O)CCc1cccs1. The number of hydrogen-bond acceptors (Lipinski definition) is 6. The Hall–Kier alpha value is -3.43. The number of aromatic nitrogens is 1. The van der Waals surface area contributed by atoms with Crippen molar-refractivity contribution in [2.75, 3.05) is 4.72 Å². The molecule has 0 aliphatic heterocycles. The van der Waals surface area contributed by atoms with Gasteiger partial charge in [-0.1, -0.05) is 36.4 Å². The number of nitrogens with zero attached hydrogens (tertiary/aromatic N) is 1. The molecule has 2 heterocycles. The van der Waals surface area contributed by atoms with Crippen molar-refractivity contribution in [3.63, 3.8) is 0 Å². The predicted octanol–water partition coefficient (Wildman–Crippen LogP) is 4.90. The number of hydrogen-bond donors (Lipinski definition) is 2. The van der Waals surface area contributed by atoms with Crippen molar-refractivity contribution < 1.29 is 17.6 Å². The van der Waals surface area contributed by atoms with Crippen LogP contribution >= 0.6 is 11.3 Å². The van der Waals surface area contributed by atoms with Gasteiger partial charge in [-0.3, -0.25) is 9.52 Å². The van der Waals surface area contributed by atoms with Crippen molar-refractivity contribution in [1.29, 1.82) is 0 Å². The van der Waals surface area contributed by atoms with Crippen molar-refractivity contribution in [1.82, 2.24) is 10.3 Å². The summed E-state index contributed by atoms with van der Waals surface area (Å²) < 4.78 is 33.2. The highest BCUT2D eigenvalue weighted by molar-refractivity contribution is 7.91. The summed E-state index contributed by atoms with van der Waals surface area (Å²) in [6, 6.07) is 19.8. The van der Waals surface area contributed by atoms with Gasteiger partial charge in [0, 0.05) is 22.5 Å². The Balaban J connectivity index is 1.33. The number of aryl methyl sites for hydroxylation is 2. The normalized spacial score (nSPS) is 11.3. The van der Waals surface area contributed by atoms with Crippen molar-refractivity contribution in [2.45, 2.75) is 32.1 Å². The monoisotopic (exact) mass is 495 g/mol. The van der Waals surface area contributed by atoms with Gasteiger partial charge in [-0.15, -0.1) is 11.3 Å². The van der Waals surface area contributed by atoms with Gasteiger partial charge < -0.3 is 9.73 Å². The molecule has 2 aromatic heterocycles. The van der Waals surface area contributed by atoms with E-state index in [-0.39, 0.29) is 18.2 Å². The van der Waals surface area contributed by atoms with Crippen LogP contribution in [0.1, 0.15) is 28.3 Å². The number of thiophene rings is 1. The van der Waals surface area contributed by atoms with Gasteiger partial charge in [-0.25, -0.2) is 13.4 Å². The first-order valence-corrected chi connectivity index (χ1v) is 13.3. The number of amides is 1. The van der Waals surface area contributed by atoms with Gasteiger partial charge in [0.25, 0.3) is 0 Å². The Labute approximate surface area is 202 Å². The minimum atomic E-state index is -3.53. The molecule has 1 amide bonds. The number of anilines is 1. The summed E-state index contributed by atoms with van der Waals surface area (Å²) in [4.78, 5) is 17.8. The average Bonchev–Trinajstić information content (AvgIpc) is 3.46. The second kappa shape index (κ2) is 10.7. The van der Waals surface area contributed by atoms with Crippen LogP contribution in [0.3, 0.4) is 0 Å². The molecule has 0 unspecified atom stereocenters. The van der Waals surface area contributed by atoms with Crippen LogP contribution in [0.5, 0.6) is 0 Å². The maximum absolute atomic E-state index is 12.4. The van der Waals surface area contributed by atoms with E-state index in [1.165, 1.54) is 4.88 Å². The van der Waals surface area contributed by atoms with E-state index in [4.69, 9.17) is 4.42 Å². The quantitative estimate of drug-likeness (QED) is 0.326. The molecule has 0 aliphatic rings. The van der Waals surface area contributed by atoms with Gasteiger partial charge in [0.2, 0.25) is 21.8 Å². The first kappa shape index (κ1) is 23.7. The molecule has 0 fully saturated rings. The number of rotatable bonds is 10. The maximum Gasteiger partial charge on any atom is 0.236 e. The number of oxazole rings is 1. The standard InChI is InChI=1S/C25H25N3O4S2/c1-18-23(16-26-24(29)14-13-22-8-5-15-33-22)27-25(32-18)20-9-11-21(12-10-20)28-34(30,31)17-19-6-3-2-4-7-19/h2-12,15,28H,13-14,16-17H2,1H3,(H,26,29). The molecule has 0 saturated heterocycles. The molecule has 2 aromatic carbocycles. The fraction of sp³-hybridized carbons (Fsp3) is 0.200. The Morgan fingerprint density at radius 3 is 2.50 bits per heavy atom. The molecule has 0 spiro atoms. The first-order valence-electron chi connectivity index (χ1n) is 10.8. The van der Waals surface area contributed by atoms with Gasteiger partial charge in [0.1, 0.15) is 11.5 Å². The number of carbonyl (C=O) groups excluding carboxylic acids is 1. The van der Waals surface area contributed by atoms with E-state index in [0.29, 0.717) is 47.0 Å². The maximum atomic E-state index is 12.4. The van der Waals surface area contributed by atoms with E-state index >= 15 is 0 Å². The zero-order valence-electron chi connectivity index (χ0n) is 18.7. The number of carbonyl (C=O) groups is 1. The Morgan fingerprint density at radius 2 is 1.79 bits per heavy atom. The highest BCUT2D eigenvalue weighted by Crippen LogP contribution is 2.24. The molecule has 0 atom stereocenters. The number of nitrogens with one attached hydrogen (secondary N) is 2. The molecule has 9 heteroatoms. The second-order valence-electron chi connectivity index (χ2n) is 7.80. The smallest absolute Gasteiger partial charge is 0.236 e. The molecule has 34 heavy (non-hydrogen) atoms. The van der Waals surface area contributed by atoms with E-state index in [9.17, 15) is 13.2 Å². The van der Waals surface area contributed by atoms with Gasteiger partial charge in [-0.2, -0.15) is 0 Å². The number of benzene rings is 2. The first-order chi connectivity index (χ1) is 16.4. The van der Waals surface area contributed by atoms with Crippen molar-refractivity contribution >= 4 is 33.0 Å². The van der Waals surface area contributed by atoms with E-state index in [2.05, 4.69) is 15.0 Å². The van der Waals surface area contributed by atoms with Crippen LogP contribution in [0.2, 0.25) is 0 Å². The molecule has 0 saturated carbocycles. The topological polar surface area (TPSA) is 101 Å². The molecule has 0 radical (unpaired) electrons. The minimum Gasteiger partial charge on any atom is -0.441 e. The third kappa shape index (κ3) is 6.55. The third-order valence-electron chi connectivity index (χ3n) is 5.13. The van der Waals surface area contributed by atoms with Crippen LogP contribution < -0.4 is 10.0 Å². The van der Waals surface area contributed by atoms with Gasteiger partial charge in [0.05, 0.1) is 12.3 Å². The summed E-state index contributed by atoms with van der Waals surface area (Å²) in [6.07, 6.45) is 1.14. The summed E-state index contributed by atoms with van der Waals surface area (Å²) in [7, 11) is -3.53. The molecule has 7 nitrogen and oxygen atoms in total. The lowest BCUT2D eigenvalue weighted by atomic mass is 10.2. The minimum absolute atomic E-state index is 0.0375. The largest absolute Gasteiger partial charge is 0.441 e. The fourth-order valence-electron chi connectivity index (χ4n) is 3.37. The molecule has 4 rings (SSSR count). The van der Waals surface area contributed by atoms with Crippen LogP contribution in [0, 0.1) is 6.92 Å². The summed E-state index contributed by atoms with van der Waals surface area (Å²) in [5.41, 5.74) is 2.55. The molecule has 0 bridgehead atoms. The highest BCUT2D eigenvalue weighted by Gasteiger charge is 2.15. The lowest BCUT2D eigenvalue weighted by Gasteiger charge is -2.08. The van der Waals surface area contributed by atoms with Crippen LogP contribution in [0.25, 0.3) is 11.5 Å². The lowest BCUT2D eigenvalue weighted by Crippen LogP contribution is -2.23. The molecule has 2 N–H and O–H groups in total. The molecular formula is C25H25N3O4S2. The van der Waals surface area contributed by atoms with Crippen molar-refractivity contribution in [2.24, 2.45) is 0 Å². The van der Waals surface area contributed by atoms with Crippen LogP contribution in [-0.4, -0.2) is 19.3 Å². The Bertz CT molecular complexity index is 1330. The fourth-order valence-corrected chi connectivity index (χ4v) is 5.28. The summed E-state index contributed by atoms with van der Waals surface area (Å²) >= 11 is 1.64. The van der Waals surface area contributed by atoms with Gasteiger partial charge in [-0.05, 0) is 54.6 Å². The lowest BCUT2D eigenvalue weighted by molar-refractivity contribution is -0.121. The van der Waals surface area contributed by atoms with Crippen LogP contribution in [0.4, 0.5) is 5.69 Å². The number of sulfonamides is 1. The van der Waals surface area contributed by atoms with Gasteiger partial charge in [0.15, 0.2) is 0 Å². The highest BCUT2D eigenvalue weighted by atomic mass is 32.2. The van der Waals surface area contributed by atoms with Gasteiger partial charge >= 0.3 is 0 Å². The van der Waals surface area contributed by atoms with Crippen molar-refractivity contribution in [3.05, 3.63) is 94.0 Å². The van der Waals surface area contributed by atoms with E-state index < -0.39 is 10.0 Å². The van der Waals surface area contributed by atoms with E-state index in [1.807, 2.05) is 35.7 Å². The van der Waals surface area contributed by atoms with Crippen molar-refractivity contribution in [3.8, 4) is 11.5 Å². The summed E-state index contributed by atoms with van der Waals surface area (Å²) in [5, 5.41) is 4.89. The second-order valence-corrected chi connectivity index (χ2v) is 10.6. The molecule has 4 aromatic rings. The summed E-state index contributed by atoms with van der Waals surface area (Å²) in [5.74, 6) is 0.904. The van der Waals surface area contributed by atoms with E-state index in [0.717, 1.165) is 0 Å². The third-order valence-corrected chi connectivity index (χ3v) is 7.33. The zero-order valence-corrected chi connectivity index (χ0v) is 20.3. The molecule has 0 aliphatic carbocycles. The zero-order chi connectivity index (χ0) is 24.0. The molecular weight excluding hydrogens is 470 g/mol. The average molecular weight is 496 g/mol. The van der Waals surface area contributed by atoms with E-state index in [1.54, 1.807) is 54.7 Å². The Kier molecular flexibility index (Phi) is 7.44. The molecule has 176 valence electrons. The summed E-state index contributed by atoms with van der Waals surface area (Å²) in [6.45, 7) is 2.09. The van der Waals surface area contributed by atoms with Crippen LogP contribution in [-0.2, 0) is 33.5 Å². The predicted molar refractivity (Wildman–Crippen MR) is 134 cm³/mol.